The molecule has 0 saturated heterocycles. The van der Waals surface area contributed by atoms with Gasteiger partial charge in [0.05, 0.1) is 0 Å². The van der Waals surface area contributed by atoms with Crippen LogP contribution in [0.5, 0.6) is 0 Å². The van der Waals surface area contributed by atoms with E-state index in [0.717, 1.165) is 18.7 Å². The number of anilines is 2. The molecule has 0 radical (unpaired) electrons. The molecule has 0 aliphatic heterocycles. The number of hydrogen-bond acceptors (Lipinski definition) is 2. The first kappa shape index (κ1) is 13.8. The molecule has 2 nitrogen and oxygen atoms in total. The standard InChI is InChI=1S/C14H23FN2/c1-4-5-6-7-17(11(2)3)14-9-12(15)8-13(16)10-14/h8-11H,4-7,16H2,1-3H3. The molecule has 2 N–H and O–H groups in total. The predicted molar refractivity (Wildman–Crippen MR) is 72.8 cm³/mol. The third kappa shape index (κ3) is 4.25. The predicted octanol–water partition coefficient (Wildman–Crippen LogP) is 3.81. The van der Waals surface area contributed by atoms with Gasteiger partial charge in [0.1, 0.15) is 5.82 Å². The van der Waals surface area contributed by atoms with E-state index in [-0.39, 0.29) is 5.82 Å². The van der Waals surface area contributed by atoms with Crippen LogP contribution < -0.4 is 10.6 Å². The second-order valence-electron chi connectivity index (χ2n) is 4.74. The first-order chi connectivity index (χ1) is 8.04. The fourth-order valence-electron chi connectivity index (χ4n) is 1.98. The number of hydrogen-bond donors (Lipinski definition) is 1. The molecular formula is C14H23FN2. The summed E-state index contributed by atoms with van der Waals surface area (Å²) in [4.78, 5) is 2.20. The van der Waals surface area contributed by atoms with E-state index in [1.807, 2.05) is 6.07 Å². The third-order valence-corrected chi connectivity index (χ3v) is 2.86. The molecule has 1 aromatic rings. The van der Waals surface area contributed by atoms with Crippen LogP contribution in [0.4, 0.5) is 15.8 Å². The van der Waals surface area contributed by atoms with Crippen molar-refractivity contribution >= 4 is 11.4 Å². The smallest absolute Gasteiger partial charge is 0.127 e. The van der Waals surface area contributed by atoms with E-state index in [4.69, 9.17) is 5.73 Å². The Labute approximate surface area is 104 Å². The summed E-state index contributed by atoms with van der Waals surface area (Å²) in [6.45, 7) is 7.37. The highest BCUT2D eigenvalue weighted by Crippen LogP contribution is 2.22. The average molecular weight is 238 g/mol. The molecule has 0 aromatic heterocycles. The molecule has 0 amide bonds. The number of nitrogen functional groups attached to an aromatic ring is 1. The van der Waals surface area contributed by atoms with Gasteiger partial charge in [-0.05, 0) is 38.5 Å². The lowest BCUT2D eigenvalue weighted by Gasteiger charge is -2.29. The van der Waals surface area contributed by atoms with Gasteiger partial charge in [0, 0.05) is 24.0 Å². The zero-order valence-electron chi connectivity index (χ0n) is 11.0. The van der Waals surface area contributed by atoms with Crippen LogP contribution in [0, 0.1) is 5.82 Å². The van der Waals surface area contributed by atoms with Crippen LogP contribution in [0.2, 0.25) is 0 Å². The minimum atomic E-state index is -0.263. The number of nitrogens with zero attached hydrogens (tertiary/aromatic N) is 1. The van der Waals surface area contributed by atoms with E-state index in [1.165, 1.54) is 18.9 Å². The van der Waals surface area contributed by atoms with Crippen molar-refractivity contribution in [2.45, 2.75) is 46.1 Å². The van der Waals surface area contributed by atoms with Gasteiger partial charge in [-0.3, -0.25) is 0 Å². The third-order valence-electron chi connectivity index (χ3n) is 2.86. The SMILES string of the molecule is CCCCCN(c1cc(N)cc(F)c1)C(C)C. The number of halogens is 1. The molecule has 0 fully saturated rings. The van der Waals surface area contributed by atoms with Gasteiger partial charge in [-0.25, -0.2) is 4.39 Å². The number of nitrogens with two attached hydrogens (primary N) is 1. The molecule has 0 spiro atoms. The fourth-order valence-corrected chi connectivity index (χ4v) is 1.98. The first-order valence-electron chi connectivity index (χ1n) is 6.37. The first-order valence-corrected chi connectivity index (χ1v) is 6.37. The Bertz CT molecular complexity index is 330. The Morgan fingerprint density at radius 2 is 1.94 bits per heavy atom. The summed E-state index contributed by atoms with van der Waals surface area (Å²) in [5.74, 6) is -0.263. The highest BCUT2D eigenvalue weighted by Gasteiger charge is 2.11. The molecule has 1 aromatic carbocycles. The summed E-state index contributed by atoms with van der Waals surface area (Å²) < 4.78 is 13.3. The van der Waals surface area contributed by atoms with Gasteiger partial charge in [-0.15, -0.1) is 0 Å². The van der Waals surface area contributed by atoms with Crippen molar-refractivity contribution in [3.63, 3.8) is 0 Å². The van der Waals surface area contributed by atoms with E-state index >= 15 is 0 Å². The van der Waals surface area contributed by atoms with Crippen molar-refractivity contribution in [2.75, 3.05) is 17.2 Å². The zero-order chi connectivity index (χ0) is 12.8. The van der Waals surface area contributed by atoms with Crippen LogP contribution in [0.25, 0.3) is 0 Å². The maximum Gasteiger partial charge on any atom is 0.127 e. The van der Waals surface area contributed by atoms with Crippen LogP contribution >= 0.6 is 0 Å². The van der Waals surface area contributed by atoms with Gasteiger partial charge in [0.2, 0.25) is 0 Å². The van der Waals surface area contributed by atoms with Crippen molar-refractivity contribution < 1.29 is 4.39 Å². The Balaban J connectivity index is 2.81. The maximum absolute atomic E-state index is 13.3. The number of benzene rings is 1. The second kappa shape index (κ2) is 6.48. The van der Waals surface area contributed by atoms with Crippen LogP contribution in [0.1, 0.15) is 40.0 Å². The quantitative estimate of drug-likeness (QED) is 0.603. The number of rotatable bonds is 6. The summed E-state index contributed by atoms with van der Waals surface area (Å²) >= 11 is 0. The molecule has 17 heavy (non-hydrogen) atoms. The minimum Gasteiger partial charge on any atom is -0.399 e. The lowest BCUT2D eigenvalue weighted by molar-refractivity contribution is 0.611. The van der Waals surface area contributed by atoms with E-state index in [1.54, 1.807) is 6.07 Å². The fraction of sp³-hybridized carbons (Fsp3) is 0.571. The highest BCUT2D eigenvalue weighted by molar-refractivity contribution is 5.56. The molecule has 1 rings (SSSR count). The molecule has 0 unspecified atom stereocenters. The van der Waals surface area contributed by atoms with E-state index in [0.29, 0.717) is 11.7 Å². The van der Waals surface area contributed by atoms with Crippen LogP contribution in [-0.2, 0) is 0 Å². The molecule has 0 aliphatic rings. The highest BCUT2D eigenvalue weighted by atomic mass is 19.1. The van der Waals surface area contributed by atoms with Crippen LogP contribution in [0.15, 0.2) is 18.2 Å². The molecule has 0 saturated carbocycles. The summed E-state index contributed by atoms with van der Waals surface area (Å²) in [6, 6.07) is 5.11. The normalized spacial score (nSPS) is 10.9. The summed E-state index contributed by atoms with van der Waals surface area (Å²) in [5.41, 5.74) is 7.06. The zero-order valence-corrected chi connectivity index (χ0v) is 11.0. The molecule has 0 heterocycles. The summed E-state index contributed by atoms with van der Waals surface area (Å²) in [5, 5.41) is 0. The van der Waals surface area contributed by atoms with Crippen molar-refractivity contribution in [1.29, 1.82) is 0 Å². The van der Waals surface area contributed by atoms with Crippen molar-refractivity contribution in [2.24, 2.45) is 0 Å². The molecular weight excluding hydrogens is 215 g/mol. The molecule has 0 aliphatic carbocycles. The number of unbranched alkanes of at least 4 members (excludes halogenated alkanes) is 2. The van der Waals surface area contributed by atoms with E-state index in [2.05, 4.69) is 25.7 Å². The van der Waals surface area contributed by atoms with Crippen molar-refractivity contribution in [1.82, 2.24) is 0 Å². The van der Waals surface area contributed by atoms with Gasteiger partial charge in [0.25, 0.3) is 0 Å². The lowest BCUT2D eigenvalue weighted by atomic mass is 10.1. The molecule has 0 bridgehead atoms. The Kier molecular flexibility index (Phi) is 5.26. The molecule has 96 valence electrons. The second-order valence-corrected chi connectivity index (χ2v) is 4.74. The maximum atomic E-state index is 13.3. The Morgan fingerprint density at radius 1 is 1.24 bits per heavy atom. The Morgan fingerprint density at radius 3 is 2.47 bits per heavy atom. The van der Waals surface area contributed by atoms with Crippen LogP contribution in [0.3, 0.4) is 0 Å². The van der Waals surface area contributed by atoms with Gasteiger partial charge in [-0.1, -0.05) is 19.8 Å². The molecule has 0 atom stereocenters. The summed E-state index contributed by atoms with van der Waals surface area (Å²) in [6.07, 6.45) is 3.52. The largest absolute Gasteiger partial charge is 0.399 e. The van der Waals surface area contributed by atoms with Crippen molar-refractivity contribution in [3.05, 3.63) is 24.0 Å². The van der Waals surface area contributed by atoms with E-state index < -0.39 is 0 Å². The van der Waals surface area contributed by atoms with Crippen LogP contribution in [-0.4, -0.2) is 12.6 Å². The minimum absolute atomic E-state index is 0.263. The topological polar surface area (TPSA) is 29.3 Å². The molecule has 3 heteroatoms. The van der Waals surface area contributed by atoms with Gasteiger partial charge in [0.15, 0.2) is 0 Å². The summed E-state index contributed by atoms with van der Waals surface area (Å²) in [7, 11) is 0. The van der Waals surface area contributed by atoms with Gasteiger partial charge in [-0.2, -0.15) is 0 Å². The monoisotopic (exact) mass is 238 g/mol. The Hall–Kier alpha value is -1.25. The lowest BCUT2D eigenvalue weighted by Crippen LogP contribution is -2.31. The van der Waals surface area contributed by atoms with E-state index in [9.17, 15) is 4.39 Å². The van der Waals surface area contributed by atoms with Gasteiger partial charge >= 0.3 is 0 Å². The average Bonchev–Trinajstić information content (AvgIpc) is 2.22. The van der Waals surface area contributed by atoms with Gasteiger partial charge < -0.3 is 10.6 Å². The van der Waals surface area contributed by atoms with Crippen molar-refractivity contribution in [3.8, 4) is 0 Å².